The molecular formula is C16H21F2NO2. The predicted octanol–water partition coefficient (Wildman–Crippen LogP) is 4.29. The molecule has 5 heteroatoms. The molecule has 2 N–H and O–H groups in total. The number of nitrogens with one attached hydrogen (secondary N) is 1. The Morgan fingerprint density at radius 2 is 2.10 bits per heavy atom. The van der Waals surface area contributed by atoms with E-state index in [-0.39, 0.29) is 5.69 Å². The van der Waals surface area contributed by atoms with E-state index in [4.69, 9.17) is 5.11 Å². The van der Waals surface area contributed by atoms with E-state index in [9.17, 15) is 13.6 Å². The average molecular weight is 297 g/mol. The maximum atomic E-state index is 13.7. The van der Waals surface area contributed by atoms with E-state index in [1.54, 1.807) is 0 Å². The van der Waals surface area contributed by atoms with Crippen molar-refractivity contribution in [2.45, 2.75) is 39.0 Å². The summed E-state index contributed by atoms with van der Waals surface area (Å²) < 4.78 is 27.3. The van der Waals surface area contributed by atoms with Gasteiger partial charge in [-0.25, -0.2) is 13.6 Å². The molecule has 3 nitrogen and oxygen atoms in total. The quantitative estimate of drug-likeness (QED) is 0.852. The van der Waals surface area contributed by atoms with Crippen LogP contribution in [0.15, 0.2) is 12.1 Å². The number of carboxylic acids is 1. The normalized spacial score (nSPS) is 22.0. The summed E-state index contributed by atoms with van der Waals surface area (Å²) in [7, 11) is 0. The van der Waals surface area contributed by atoms with Crippen LogP contribution in [0.3, 0.4) is 0 Å². The van der Waals surface area contributed by atoms with E-state index < -0.39 is 23.2 Å². The lowest BCUT2D eigenvalue weighted by molar-refractivity contribution is 0.0690. The van der Waals surface area contributed by atoms with Crippen LogP contribution in [0.25, 0.3) is 0 Å². The highest BCUT2D eigenvalue weighted by molar-refractivity contribution is 5.88. The number of rotatable bonds is 5. The third-order valence-electron chi connectivity index (χ3n) is 4.23. The second-order valence-corrected chi connectivity index (χ2v) is 5.95. The van der Waals surface area contributed by atoms with Gasteiger partial charge in [-0.05, 0) is 36.8 Å². The van der Waals surface area contributed by atoms with Crippen LogP contribution in [0, 0.1) is 23.5 Å². The molecule has 1 aromatic rings. The van der Waals surface area contributed by atoms with E-state index >= 15 is 0 Å². The Morgan fingerprint density at radius 1 is 1.33 bits per heavy atom. The van der Waals surface area contributed by atoms with E-state index in [1.807, 2.05) is 0 Å². The van der Waals surface area contributed by atoms with Gasteiger partial charge in [-0.1, -0.05) is 26.2 Å². The summed E-state index contributed by atoms with van der Waals surface area (Å²) in [5, 5.41) is 11.6. The number of hydrogen-bond acceptors (Lipinski definition) is 2. The number of anilines is 1. The SMILES string of the molecule is CC1CCCC(CCNc2ccc(C(=O)O)c(F)c2F)C1. The summed E-state index contributed by atoms with van der Waals surface area (Å²) in [6.07, 6.45) is 5.83. The minimum atomic E-state index is -1.46. The zero-order valence-electron chi connectivity index (χ0n) is 12.2. The zero-order valence-corrected chi connectivity index (χ0v) is 12.2. The van der Waals surface area contributed by atoms with Crippen LogP contribution in [0.1, 0.15) is 49.4 Å². The molecule has 1 fully saturated rings. The summed E-state index contributed by atoms with van der Waals surface area (Å²) in [5.41, 5.74) is -0.611. The third kappa shape index (κ3) is 3.93. The van der Waals surface area contributed by atoms with Gasteiger partial charge in [0, 0.05) is 6.54 Å². The van der Waals surface area contributed by atoms with Crippen molar-refractivity contribution in [1.82, 2.24) is 0 Å². The number of carboxylic acid groups (broad SMARTS) is 1. The molecule has 0 radical (unpaired) electrons. The Morgan fingerprint density at radius 3 is 2.76 bits per heavy atom. The number of aromatic carboxylic acids is 1. The summed E-state index contributed by atoms with van der Waals surface area (Å²) in [6.45, 7) is 2.82. The van der Waals surface area contributed by atoms with Gasteiger partial charge in [-0.15, -0.1) is 0 Å². The van der Waals surface area contributed by atoms with Crippen LogP contribution >= 0.6 is 0 Å². The van der Waals surface area contributed by atoms with Crippen LogP contribution in [0.4, 0.5) is 14.5 Å². The molecule has 0 aliphatic heterocycles. The molecule has 2 rings (SSSR count). The summed E-state index contributed by atoms with van der Waals surface area (Å²) in [5.74, 6) is -2.51. The largest absolute Gasteiger partial charge is 0.478 e. The Bertz CT molecular complexity index is 519. The monoisotopic (exact) mass is 297 g/mol. The Labute approximate surface area is 123 Å². The molecule has 2 atom stereocenters. The Hall–Kier alpha value is -1.65. The van der Waals surface area contributed by atoms with Crippen molar-refractivity contribution in [3.8, 4) is 0 Å². The summed E-state index contributed by atoms with van der Waals surface area (Å²) in [6, 6.07) is 2.37. The predicted molar refractivity (Wildman–Crippen MR) is 77.5 cm³/mol. The van der Waals surface area contributed by atoms with Crippen LogP contribution in [-0.2, 0) is 0 Å². The topological polar surface area (TPSA) is 49.3 Å². The lowest BCUT2D eigenvalue weighted by Crippen LogP contribution is -2.17. The molecule has 1 aliphatic rings. The molecule has 116 valence electrons. The smallest absolute Gasteiger partial charge is 0.338 e. The second-order valence-electron chi connectivity index (χ2n) is 5.95. The van der Waals surface area contributed by atoms with E-state index in [1.165, 1.54) is 31.7 Å². The highest BCUT2D eigenvalue weighted by atomic mass is 19.2. The fourth-order valence-corrected chi connectivity index (χ4v) is 3.08. The number of benzene rings is 1. The van der Waals surface area contributed by atoms with Crippen LogP contribution < -0.4 is 5.32 Å². The van der Waals surface area contributed by atoms with Crippen molar-refractivity contribution >= 4 is 11.7 Å². The van der Waals surface area contributed by atoms with Crippen LogP contribution in [0.5, 0.6) is 0 Å². The molecule has 0 saturated heterocycles. The maximum absolute atomic E-state index is 13.7. The molecule has 1 saturated carbocycles. The highest BCUT2D eigenvalue weighted by Gasteiger charge is 2.20. The van der Waals surface area contributed by atoms with Crippen molar-refractivity contribution in [2.75, 3.05) is 11.9 Å². The van der Waals surface area contributed by atoms with Crippen molar-refractivity contribution in [1.29, 1.82) is 0 Å². The lowest BCUT2D eigenvalue weighted by atomic mass is 9.81. The van der Waals surface area contributed by atoms with Gasteiger partial charge in [0.1, 0.15) is 0 Å². The van der Waals surface area contributed by atoms with Crippen molar-refractivity contribution in [3.05, 3.63) is 29.3 Å². The summed E-state index contributed by atoms with van der Waals surface area (Å²) in [4.78, 5) is 10.7. The standard InChI is InChI=1S/C16H21F2NO2/c1-10-3-2-4-11(9-10)7-8-19-13-6-5-12(16(20)21)14(17)15(13)18/h5-6,10-11,19H,2-4,7-9H2,1H3,(H,20,21). The first kappa shape index (κ1) is 15.7. The molecular weight excluding hydrogens is 276 g/mol. The van der Waals surface area contributed by atoms with Gasteiger partial charge in [0.15, 0.2) is 11.6 Å². The average Bonchev–Trinajstić information content (AvgIpc) is 2.43. The highest BCUT2D eigenvalue weighted by Crippen LogP contribution is 2.30. The van der Waals surface area contributed by atoms with Crippen molar-refractivity contribution < 1.29 is 18.7 Å². The first-order valence-electron chi connectivity index (χ1n) is 7.44. The fraction of sp³-hybridized carbons (Fsp3) is 0.562. The van der Waals surface area contributed by atoms with Gasteiger partial charge in [-0.2, -0.15) is 0 Å². The fourth-order valence-electron chi connectivity index (χ4n) is 3.08. The van der Waals surface area contributed by atoms with Crippen LogP contribution in [0.2, 0.25) is 0 Å². The van der Waals surface area contributed by atoms with Gasteiger partial charge in [0.2, 0.25) is 0 Å². The molecule has 1 aromatic carbocycles. The third-order valence-corrected chi connectivity index (χ3v) is 4.23. The molecule has 0 spiro atoms. The molecule has 0 bridgehead atoms. The minimum Gasteiger partial charge on any atom is -0.478 e. The molecule has 21 heavy (non-hydrogen) atoms. The Kier molecular flexibility index (Phi) is 5.15. The summed E-state index contributed by atoms with van der Waals surface area (Å²) >= 11 is 0. The lowest BCUT2D eigenvalue weighted by Gasteiger charge is -2.26. The molecule has 1 aliphatic carbocycles. The zero-order chi connectivity index (χ0) is 15.4. The van der Waals surface area contributed by atoms with Crippen molar-refractivity contribution in [2.24, 2.45) is 11.8 Å². The molecule has 2 unspecified atom stereocenters. The van der Waals surface area contributed by atoms with E-state index in [0.29, 0.717) is 12.5 Å². The molecule has 0 amide bonds. The minimum absolute atomic E-state index is 0.0290. The molecule has 0 aromatic heterocycles. The van der Waals surface area contributed by atoms with Gasteiger partial charge < -0.3 is 10.4 Å². The van der Waals surface area contributed by atoms with E-state index in [2.05, 4.69) is 12.2 Å². The Balaban J connectivity index is 1.91. The van der Waals surface area contributed by atoms with Crippen molar-refractivity contribution in [3.63, 3.8) is 0 Å². The van der Waals surface area contributed by atoms with Gasteiger partial charge in [0.05, 0.1) is 11.3 Å². The van der Waals surface area contributed by atoms with Gasteiger partial charge in [0.25, 0.3) is 0 Å². The number of carbonyl (C=O) groups is 1. The maximum Gasteiger partial charge on any atom is 0.338 e. The number of hydrogen-bond donors (Lipinski definition) is 2. The second kappa shape index (κ2) is 6.87. The van der Waals surface area contributed by atoms with Gasteiger partial charge >= 0.3 is 5.97 Å². The number of halogens is 2. The first-order chi connectivity index (χ1) is 9.99. The van der Waals surface area contributed by atoms with Gasteiger partial charge in [-0.3, -0.25) is 0 Å². The molecule has 0 heterocycles. The van der Waals surface area contributed by atoms with E-state index in [0.717, 1.165) is 18.4 Å². The van der Waals surface area contributed by atoms with Crippen LogP contribution in [-0.4, -0.2) is 17.6 Å². The first-order valence-corrected chi connectivity index (χ1v) is 7.44.